The standard InChI is InChI=1S/C26H25N3O3/c1-18(20-13-12-19-7-2-3-8-21(19)15-20)27-17-25(30)29-24-11-5-4-10-23(24)26(31)28-16-22-9-6-14-32-22/h2-15,18,27H,16-17H2,1H3,(H,28,31)(H,29,30). The summed E-state index contributed by atoms with van der Waals surface area (Å²) >= 11 is 0. The van der Waals surface area contributed by atoms with Crippen molar-refractivity contribution < 1.29 is 14.0 Å². The first-order chi connectivity index (χ1) is 15.6. The highest BCUT2D eigenvalue weighted by Gasteiger charge is 2.14. The van der Waals surface area contributed by atoms with Crippen LogP contribution < -0.4 is 16.0 Å². The fraction of sp³-hybridized carbons (Fsp3) is 0.154. The van der Waals surface area contributed by atoms with Gasteiger partial charge in [-0.25, -0.2) is 0 Å². The quantitative estimate of drug-likeness (QED) is 0.382. The molecule has 0 radical (unpaired) electrons. The van der Waals surface area contributed by atoms with Crippen molar-refractivity contribution in [1.82, 2.24) is 10.6 Å². The number of anilines is 1. The van der Waals surface area contributed by atoms with E-state index in [1.807, 2.05) is 19.1 Å². The van der Waals surface area contributed by atoms with Crippen molar-refractivity contribution in [2.24, 2.45) is 0 Å². The highest BCUT2D eigenvalue weighted by atomic mass is 16.3. The summed E-state index contributed by atoms with van der Waals surface area (Å²) in [6.07, 6.45) is 1.56. The second-order valence-corrected chi connectivity index (χ2v) is 7.56. The zero-order chi connectivity index (χ0) is 22.3. The molecule has 0 fully saturated rings. The van der Waals surface area contributed by atoms with Gasteiger partial charge < -0.3 is 20.4 Å². The summed E-state index contributed by atoms with van der Waals surface area (Å²) < 4.78 is 5.24. The van der Waals surface area contributed by atoms with E-state index < -0.39 is 0 Å². The molecule has 0 aliphatic carbocycles. The van der Waals surface area contributed by atoms with Crippen LogP contribution in [0.25, 0.3) is 10.8 Å². The summed E-state index contributed by atoms with van der Waals surface area (Å²) in [5, 5.41) is 11.2. The lowest BCUT2D eigenvalue weighted by Crippen LogP contribution is -2.31. The van der Waals surface area contributed by atoms with Gasteiger partial charge in [0, 0.05) is 6.04 Å². The molecule has 1 aromatic heterocycles. The fourth-order valence-electron chi connectivity index (χ4n) is 3.50. The van der Waals surface area contributed by atoms with Crippen LogP contribution in [0.2, 0.25) is 0 Å². The van der Waals surface area contributed by atoms with Gasteiger partial charge in [0.15, 0.2) is 0 Å². The number of furan rings is 1. The number of carbonyl (C=O) groups excluding carboxylic acids is 2. The molecule has 4 aromatic rings. The zero-order valence-corrected chi connectivity index (χ0v) is 17.8. The van der Waals surface area contributed by atoms with Crippen LogP contribution in [0, 0.1) is 0 Å². The lowest BCUT2D eigenvalue weighted by atomic mass is 10.0. The van der Waals surface area contributed by atoms with Crippen molar-refractivity contribution in [2.45, 2.75) is 19.5 Å². The Morgan fingerprint density at radius 1 is 0.906 bits per heavy atom. The number of hydrogen-bond acceptors (Lipinski definition) is 4. The normalized spacial score (nSPS) is 11.8. The molecule has 6 heteroatoms. The van der Waals surface area contributed by atoms with Crippen molar-refractivity contribution >= 4 is 28.3 Å². The van der Waals surface area contributed by atoms with Crippen LogP contribution >= 0.6 is 0 Å². The molecule has 32 heavy (non-hydrogen) atoms. The molecule has 0 bridgehead atoms. The number of nitrogens with one attached hydrogen (secondary N) is 3. The third-order valence-corrected chi connectivity index (χ3v) is 5.29. The van der Waals surface area contributed by atoms with Crippen LogP contribution in [0.3, 0.4) is 0 Å². The molecule has 0 saturated heterocycles. The van der Waals surface area contributed by atoms with Gasteiger partial charge in [-0.05, 0) is 53.6 Å². The molecule has 3 N–H and O–H groups in total. The minimum atomic E-state index is -0.283. The molecule has 1 unspecified atom stereocenters. The van der Waals surface area contributed by atoms with E-state index >= 15 is 0 Å². The Bertz CT molecular complexity index is 1220. The predicted molar refractivity (Wildman–Crippen MR) is 125 cm³/mol. The van der Waals surface area contributed by atoms with E-state index in [0.717, 1.165) is 10.9 Å². The van der Waals surface area contributed by atoms with Crippen LogP contribution in [0.4, 0.5) is 5.69 Å². The van der Waals surface area contributed by atoms with Gasteiger partial charge in [0.2, 0.25) is 5.91 Å². The van der Waals surface area contributed by atoms with Crippen LogP contribution in [0.15, 0.2) is 89.5 Å². The molecule has 3 aromatic carbocycles. The molecule has 0 aliphatic heterocycles. The van der Waals surface area contributed by atoms with E-state index in [9.17, 15) is 9.59 Å². The van der Waals surface area contributed by atoms with Gasteiger partial charge in [-0.2, -0.15) is 0 Å². The summed E-state index contributed by atoms with van der Waals surface area (Å²) in [6, 6.07) is 24.9. The molecule has 1 heterocycles. The van der Waals surface area contributed by atoms with E-state index in [0.29, 0.717) is 17.0 Å². The van der Waals surface area contributed by atoms with E-state index in [-0.39, 0.29) is 30.9 Å². The summed E-state index contributed by atoms with van der Waals surface area (Å²) in [5.74, 6) is 0.158. The highest BCUT2D eigenvalue weighted by molar-refractivity contribution is 6.04. The molecule has 2 amide bonds. The average Bonchev–Trinajstić information content (AvgIpc) is 3.35. The predicted octanol–water partition coefficient (Wildman–Crippen LogP) is 4.65. The molecule has 162 valence electrons. The van der Waals surface area contributed by atoms with Crippen molar-refractivity contribution in [3.8, 4) is 0 Å². The van der Waals surface area contributed by atoms with Gasteiger partial charge in [-0.15, -0.1) is 0 Å². The second-order valence-electron chi connectivity index (χ2n) is 7.56. The van der Waals surface area contributed by atoms with Crippen molar-refractivity contribution in [3.63, 3.8) is 0 Å². The molecule has 4 rings (SSSR count). The first kappa shape index (κ1) is 21.3. The van der Waals surface area contributed by atoms with E-state index in [1.54, 1.807) is 42.7 Å². The minimum absolute atomic E-state index is 0.00260. The molecular weight excluding hydrogens is 402 g/mol. The third kappa shape index (κ3) is 5.22. The first-order valence-corrected chi connectivity index (χ1v) is 10.5. The number of fused-ring (bicyclic) bond motifs is 1. The number of benzene rings is 3. The molecular formula is C26H25N3O3. The highest BCUT2D eigenvalue weighted by Crippen LogP contribution is 2.20. The molecule has 0 aliphatic rings. The molecule has 0 spiro atoms. The van der Waals surface area contributed by atoms with E-state index in [4.69, 9.17) is 4.42 Å². The second kappa shape index (κ2) is 9.94. The molecule has 0 saturated carbocycles. The van der Waals surface area contributed by atoms with Crippen LogP contribution in [0.1, 0.15) is 34.6 Å². The third-order valence-electron chi connectivity index (χ3n) is 5.29. The van der Waals surface area contributed by atoms with Gasteiger partial charge in [-0.3, -0.25) is 9.59 Å². The number of rotatable bonds is 8. The Kier molecular flexibility index (Phi) is 6.63. The number of hydrogen-bond donors (Lipinski definition) is 3. The number of carbonyl (C=O) groups is 2. The van der Waals surface area contributed by atoms with E-state index in [1.165, 1.54) is 5.39 Å². The zero-order valence-electron chi connectivity index (χ0n) is 17.8. The summed E-state index contributed by atoms with van der Waals surface area (Å²) in [4.78, 5) is 25.1. The topological polar surface area (TPSA) is 83.4 Å². The smallest absolute Gasteiger partial charge is 0.253 e. The van der Waals surface area contributed by atoms with Crippen molar-refractivity contribution in [3.05, 3.63) is 102 Å². The Labute approximate surface area is 186 Å². The Morgan fingerprint density at radius 3 is 2.50 bits per heavy atom. The number of para-hydroxylation sites is 1. The van der Waals surface area contributed by atoms with Gasteiger partial charge in [-0.1, -0.05) is 48.5 Å². The van der Waals surface area contributed by atoms with Crippen molar-refractivity contribution in [2.75, 3.05) is 11.9 Å². The largest absolute Gasteiger partial charge is 0.467 e. The van der Waals surface area contributed by atoms with Gasteiger partial charge in [0.05, 0.1) is 30.6 Å². The summed E-state index contributed by atoms with van der Waals surface area (Å²) in [5.41, 5.74) is 1.97. The Balaban J connectivity index is 1.34. The maximum absolute atomic E-state index is 12.6. The number of amides is 2. The summed E-state index contributed by atoms with van der Waals surface area (Å²) in [6.45, 7) is 2.42. The maximum Gasteiger partial charge on any atom is 0.253 e. The minimum Gasteiger partial charge on any atom is -0.467 e. The van der Waals surface area contributed by atoms with Crippen LogP contribution in [0.5, 0.6) is 0 Å². The Hall–Kier alpha value is -3.90. The Morgan fingerprint density at radius 2 is 1.69 bits per heavy atom. The SMILES string of the molecule is CC(NCC(=O)Nc1ccccc1C(=O)NCc1ccco1)c1ccc2ccccc2c1. The van der Waals surface area contributed by atoms with Crippen molar-refractivity contribution in [1.29, 1.82) is 0 Å². The van der Waals surface area contributed by atoms with Gasteiger partial charge >= 0.3 is 0 Å². The van der Waals surface area contributed by atoms with Gasteiger partial charge in [0.25, 0.3) is 5.91 Å². The lowest BCUT2D eigenvalue weighted by Gasteiger charge is -2.16. The monoisotopic (exact) mass is 427 g/mol. The first-order valence-electron chi connectivity index (χ1n) is 10.5. The van der Waals surface area contributed by atoms with E-state index in [2.05, 4.69) is 46.3 Å². The molecule has 1 atom stereocenters. The average molecular weight is 428 g/mol. The summed E-state index contributed by atoms with van der Waals surface area (Å²) in [7, 11) is 0. The molecule has 6 nitrogen and oxygen atoms in total. The fourth-order valence-corrected chi connectivity index (χ4v) is 3.50. The van der Waals surface area contributed by atoms with Crippen LogP contribution in [-0.4, -0.2) is 18.4 Å². The lowest BCUT2D eigenvalue weighted by molar-refractivity contribution is -0.115. The van der Waals surface area contributed by atoms with Gasteiger partial charge in [0.1, 0.15) is 5.76 Å². The van der Waals surface area contributed by atoms with Crippen LogP contribution in [-0.2, 0) is 11.3 Å². The maximum atomic E-state index is 12.6.